The first-order valence-electron chi connectivity index (χ1n) is 7.66. The first kappa shape index (κ1) is 15.3. The molecule has 0 spiro atoms. The van der Waals surface area contributed by atoms with E-state index in [-0.39, 0.29) is 24.3 Å². The largest absolute Gasteiger partial charge is 0.495 e. The maximum Gasteiger partial charge on any atom is 0.292 e. The monoisotopic (exact) mass is 323 g/mol. The number of methoxy groups -OCH3 is 1. The van der Waals surface area contributed by atoms with Crippen molar-refractivity contribution in [3.63, 3.8) is 0 Å². The molecular formula is C16H20ClN2O3+. The Kier molecular flexibility index (Phi) is 4.36. The number of rotatable bonds is 3. The molecule has 1 aromatic carbocycles. The van der Waals surface area contributed by atoms with Crippen molar-refractivity contribution in [1.29, 1.82) is 0 Å². The van der Waals surface area contributed by atoms with Crippen LogP contribution in [0, 0.1) is 0 Å². The number of carbonyl (C=O) groups is 2. The summed E-state index contributed by atoms with van der Waals surface area (Å²) >= 11 is 6.02. The van der Waals surface area contributed by atoms with Crippen molar-refractivity contribution in [2.24, 2.45) is 0 Å². The summed E-state index contributed by atoms with van der Waals surface area (Å²) in [6, 6.07) is 4.71. The Hall–Kier alpha value is -1.59. The van der Waals surface area contributed by atoms with Crippen molar-refractivity contribution in [3.05, 3.63) is 23.2 Å². The lowest BCUT2D eigenvalue weighted by atomic mass is 10.1. The molecule has 2 amide bonds. The zero-order chi connectivity index (χ0) is 15.7. The second-order valence-electron chi connectivity index (χ2n) is 5.86. The minimum absolute atomic E-state index is 0.137. The number of nitrogens with one attached hydrogen (secondary N) is 1. The Morgan fingerprint density at radius 2 is 1.95 bits per heavy atom. The minimum atomic E-state index is -0.267. The standard InChI is InChI=1S/C16H19ClN2O3/c1-22-14-6-5-11(17)9-12(14)19-15(20)10-13(16(19)21)18-7-3-2-4-8-18/h5-6,9,13H,2-4,7-8,10H2,1H3/p+1/t13-/m1/s1. The number of halogens is 1. The van der Waals surface area contributed by atoms with Crippen molar-refractivity contribution in [1.82, 2.24) is 0 Å². The number of piperidine rings is 1. The van der Waals surface area contributed by atoms with Gasteiger partial charge in [-0.2, -0.15) is 0 Å². The van der Waals surface area contributed by atoms with Gasteiger partial charge in [0.15, 0.2) is 6.04 Å². The number of imide groups is 1. The van der Waals surface area contributed by atoms with Crippen molar-refractivity contribution < 1.29 is 19.2 Å². The summed E-state index contributed by atoms with van der Waals surface area (Å²) in [5.74, 6) is 0.177. The lowest BCUT2D eigenvalue weighted by Gasteiger charge is -2.27. The van der Waals surface area contributed by atoms with Crippen LogP contribution in [0.4, 0.5) is 5.69 Å². The van der Waals surface area contributed by atoms with Gasteiger partial charge in [0.2, 0.25) is 5.91 Å². The van der Waals surface area contributed by atoms with Gasteiger partial charge in [-0.25, -0.2) is 4.90 Å². The molecule has 0 radical (unpaired) electrons. The molecule has 6 heteroatoms. The van der Waals surface area contributed by atoms with Gasteiger partial charge in [-0.15, -0.1) is 0 Å². The molecule has 22 heavy (non-hydrogen) atoms. The highest BCUT2D eigenvalue weighted by molar-refractivity contribution is 6.31. The van der Waals surface area contributed by atoms with E-state index in [1.807, 2.05) is 0 Å². The van der Waals surface area contributed by atoms with Crippen molar-refractivity contribution in [2.75, 3.05) is 25.1 Å². The molecule has 2 heterocycles. The van der Waals surface area contributed by atoms with Crippen molar-refractivity contribution >= 4 is 29.1 Å². The molecule has 5 nitrogen and oxygen atoms in total. The summed E-state index contributed by atoms with van der Waals surface area (Å²) in [6.07, 6.45) is 3.72. The van der Waals surface area contributed by atoms with E-state index in [1.165, 1.54) is 23.3 Å². The summed E-state index contributed by atoms with van der Waals surface area (Å²) in [4.78, 5) is 27.7. The van der Waals surface area contributed by atoms with Crippen LogP contribution in [0.2, 0.25) is 5.02 Å². The fourth-order valence-electron chi connectivity index (χ4n) is 3.40. The normalized spacial score (nSPS) is 23.2. The summed E-state index contributed by atoms with van der Waals surface area (Å²) in [7, 11) is 1.52. The number of hydrogen-bond acceptors (Lipinski definition) is 3. The highest BCUT2D eigenvalue weighted by Crippen LogP contribution is 2.34. The number of amides is 2. The highest BCUT2D eigenvalue weighted by atomic mass is 35.5. The molecule has 2 saturated heterocycles. The number of likely N-dealkylation sites (tertiary alicyclic amines) is 1. The third kappa shape index (κ3) is 2.71. The van der Waals surface area contributed by atoms with E-state index >= 15 is 0 Å². The Morgan fingerprint density at radius 1 is 1.23 bits per heavy atom. The van der Waals surface area contributed by atoms with Crippen LogP contribution in [0.25, 0.3) is 0 Å². The predicted octanol–water partition coefficient (Wildman–Crippen LogP) is 1.05. The SMILES string of the molecule is COc1ccc(Cl)cc1N1C(=O)C[C@@H]([NH+]2CCCCC2)C1=O. The van der Waals surface area contributed by atoms with Crippen molar-refractivity contribution in [3.8, 4) is 5.75 Å². The fraction of sp³-hybridized carbons (Fsp3) is 0.500. The smallest absolute Gasteiger partial charge is 0.292 e. The molecule has 1 atom stereocenters. The molecule has 1 N–H and O–H groups in total. The second kappa shape index (κ2) is 6.26. The number of anilines is 1. The van der Waals surface area contributed by atoms with Gasteiger partial charge in [0.25, 0.3) is 5.91 Å². The van der Waals surface area contributed by atoms with Crippen molar-refractivity contribution in [2.45, 2.75) is 31.7 Å². The molecule has 2 aliphatic rings. The van der Waals surface area contributed by atoms with Gasteiger partial charge < -0.3 is 9.64 Å². The molecule has 0 saturated carbocycles. The third-order valence-electron chi connectivity index (χ3n) is 4.52. The Labute approximate surface area is 134 Å². The van der Waals surface area contributed by atoms with Crippen LogP contribution in [0.1, 0.15) is 25.7 Å². The average molecular weight is 324 g/mol. The Balaban J connectivity index is 1.90. The zero-order valence-electron chi connectivity index (χ0n) is 12.6. The van der Waals surface area contributed by atoms with Gasteiger partial charge in [0, 0.05) is 5.02 Å². The van der Waals surface area contributed by atoms with E-state index in [0.717, 1.165) is 25.9 Å². The van der Waals surface area contributed by atoms with Gasteiger partial charge in [-0.05, 0) is 37.5 Å². The summed E-state index contributed by atoms with van der Waals surface area (Å²) in [6.45, 7) is 1.93. The number of hydrogen-bond donors (Lipinski definition) is 1. The lowest BCUT2D eigenvalue weighted by Crippen LogP contribution is -3.17. The van der Waals surface area contributed by atoms with Gasteiger partial charge in [0.05, 0.1) is 32.3 Å². The average Bonchev–Trinajstić information content (AvgIpc) is 2.83. The molecule has 0 bridgehead atoms. The second-order valence-corrected chi connectivity index (χ2v) is 6.30. The Bertz CT molecular complexity index is 599. The van der Waals surface area contributed by atoms with Crippen LogP contribution in [-0.4, -0.2) is 38.1 Å². The first-order valence-corrected chi connectivity index (χ1v) is 8.04. The summed E-state index contributed by atoms with van der Waals surface area (Å²) in [5, 5.41) is 0.477. The van der Waals surface area contributed by atoms with Gasteiger partial charge >= 0.3 is 0 Å². The minimum Gasteiger partial charge on any atom is -0.495 e. The zero-order valence-corrected chi connectivity index (χ0v) is 13.4. The van der Waals surface area contributed by atoms with Crippen LogP contribution in [0.15, 0.2) is 18.2 Å². The summed E-state index contributed by atoms with van der Waals surface area (Å²) in [5.41, 5.74) is 0.448. The van der Waals surface area contributed by atoms with Crippen LogP contribution in [0.5, 0.6) is 5.75 Å². The predicted molar refractivity (Wildman–Crippen MR) is 83.4 cm³/mol. The highest BCUT2D eigenvalue weighted by Gasteiger charge is 2.46. The number of carbonyl (C=O) groups excluding carboxylic acids is 2. The van der Waals surface area contributed by atoms with E-state index in [9.17, 15) is 9.59 Å². The fourth-order valence-corrected chi connectivity index (χ4v) is 3.56. The number of ether oxygens (including phenoxy) is 1. The molecule has 2 aliphatic heterocycles. The molecule has 0 aliphatic carbocycles. The maximum atomic E-state index is 12.8. The number of quaternary nitrogens is 1. The van der Waals surface area contributed by atoms with Gasteiger partial charge in [-0.1, -0.05) is 11.6 Å². The number of nitrogens with zero attached hydrogens (tertiary/aromatic N) is 1. The first-order chi connectivity index (χ1) is 10.6. The molecule has 1 aromatic rings. The quantitative estimate of drug-likeness (QED) is 0.846. The van der Waals surface area contributed by atoms with E-state index in [4.69, 9.17) is 16.3 Å². The Morgan fingerprint density at radius 3 is 2.64 bits per heavy atom. The van der Waals surface area contributed by atoms with E-state index in [1.54, 1.807) is 18.2 Å². The molecule has 0 aromatic heterocycles. The van der Waals surface area contributed by atoms with E-state index in [2.05, 4.69) is 0 Å². The van der Waals surface area contributed by atoms with Crippen LogP contribution in [-0.2, 0) is 9.59 Å². The van der Waals surface area contributed by atoms with Gasteiger partial charge in [-0.3, -0.25) is 9.59 Å². The molecule has 2 fully saturated rings. The van der Waals surface area contributed by atoms with E-state index in [0.29, 0.717) is 16.5 Å². The lowest BCUT2D eigenvalue weighted by molar-refractivity contribution is -0.919. The maximum absolute atomic E-state index is 12.8. The van der Waals surface area contributed by atoms with Crippen LogP contribution < -0.4 is 14.5 Å². The van der Waals surface area contributed by atoms with Crippen LogP contribution >= 0.6 is 11.6 Å². The summed E-state index contributed by atoms with van der Waals surface area (Å²) < 4.78 is 5.28. The topological polar surface area (TPSA) is 51.0 Å². The third-order valence-corrected chi connectivity index (χ3v) is 4.75. The molecular weight excluding hydrogens is 304 g/mol. The van der Waals surface area contributed by atoms with Gasteiger partial charge in [0.1, 0.15) is 5.75 Å². The molecule has 3 rings (SSSR count). The number of benzene rings is 1. The molecule has 0 unspecified atom stereocenters. The van der Waals surface area contributed by atoms with E-state index < -0.39 is 0 Å². The van der Waals surface area contributed by atoms with Crippen LogP contribution in [0.3, 0.4) is 0 Å². The molecule has 118 valence electrons.